The lowest BCUT2D eigenvalue weighted by molar-refractivity contribution is -0.115. The number of aryl methyl sites for hydroxylation is 2. The van der Waals surface area contributed by atoms with Crippen molar-refractivity contribution in [3.8, 4) is 0 Å². The largest absolute Gasteiger partial charge is 0.289 e. The van der Waals surface area contributed by atoms with E-state index < -0.39 is 0 Å². The summed E-state index contributed by atoms with van der Waals surface area (Å²) in [4.78, 5) is 31.1. The van der Waals surface area contributed by atoms with Gasteiger partial charge in [-0.1, -0.05) is 91.3 Å². The molecule has 5 rings (SSSR count). The quantitative estimate of drug-likeness (QED) is 0.262. The van der Waals surface area contributed by atoms with Crippen molar-refractivity contribution in [3.63, 3.8) is 0 Å². The van der Waals surface area contributed by atoms with Crippen LogP contribution in [0, 0.1) is 36.5 Å². The molecule has 0 aromatic heterocycles. The van der Waals surface area contributed by atoms with Gasteiger partial charge in [0.05, 0.1) is 9.81 Å². The van der Waals surface area contributed by atoms with Crippen molar-refractivity contribution in [1.82, 2.24) is 0 Å². The van der Waals surface area contributed by atoms with Crippen LogP contribution in [0.25, 0.3) is 0 Å². The van der Waals surface area contributed by atoms with Crippen LogP contribution >= 0.6 is 23.5 Å². The van der Waals surface area contributed by atoms with Crippen LogP contribution < -0.4 is 0 Å². The fraction of sp³-hybridized carbons (Fsp3) is 0.429. The van der Waals surface area contributed by atoms with Crippen molar-refractivity contribution in [2.75, 3.05) is 0 Å². The summed E-state index contributed by atoms with van der Waals surface area (Å²) in [6, 6.07) is 16.4. The van der Waals surface area contributed by atoms with Crippen LogP contribution in [-0.2, 0) is 9.59 Å². The van der Waals surface area contributed by atoms with E-state index in [1.54, 1.807) is 6.08 Å². The molecule has 0 aliphatic heterocycles. The molecule has 4 heteroatoms. The second-order valence-corrected chi connectivity index (χ2v) is 14.6. The Bertz CT molecular complexity index is 1380. The highest BCUT2D eigenvalue weighted by molar-refractivity contribution is 8.08. The maximum atomic E-state index is 14.3. The SMILES string of the molecule is CC1=CCC[C@H]2[C@](C)(CC3=CC(=O)C(Sc4ccc(C)cc4)=C(Sc4ccc(C)cc4)C3=O)[C@@H](C)CC[C@]12C. The Morgan fingerprint density at radius 2 is 1.38 bits per heavy atom. The average molecular weight is 557 g/mol. The summed E-state index contributed by atoms with van der Waals surface area (Å²) >= 11 is 2.86. The third-order valence-electron chi connectivity index (χ3n) is 9.88. The van der Waals surface area contributed by atoms with Gasteiger partial charge < -0.3 is 0 Å². The highest BCUT2D eigenvalue weighted by Gasteiger charge is 2.54. The Labute approximate surface area is 242 Å². The van der Waals surface area contributed by atoms with E-state index in [-0.39, 0.29) is 22.4 Å². The summed E-state index contributed by atoms with van der Waals surface area (Å²) in [5.41, 5.74) is 4.67. The predicted molar refractivity (Wildman–Crippen MR) is 165 cm³/mol. The first-order valence-corrected chi connectivity index (χ1v) is 15.8. The normalized spacial score (nSPS) is 29.2. The van der Waals surface area contributed by atoms with Crippen molar-refractivity contribution < 1.29 is 9.59 Å². The molecule has 0 bridgehead atoms. The number of carbonyl (C=O) groups excluding carboxylic acids is 2. The number of hydrogen-bond donors (Lipinski definition) is 0. The van der Waals surface area contributed by atoms with Gasteiger partial charge in [-0.25, -0.2) is 0 Å². The molecule has 3 aliphatic rings. The third kappa shape index (κ3) is 5.39. The van der Waals surface area contributed by atoms with Crippen molar-refractivity contribution >= 4 is 35.1 Å². The van der Waals surface area contributed by atoms with Crippen LogP contribution in [-0.4, -0.2) is 11.6 Å². The predicted octanol–water partition coefficient (Wildman–Crippen LogP) is 9.67. The van der Waals surface area contributed by atoms with E-state index in [1.807, 2.05) is 24.3 Å². The molecule has 204 valence electrons. The first-order chi connectivity index (χ1) is 18.5. The van der Waals surface area contributed by atoms with Gasteiger partial charge in [0.2, 0.25) is 0 Å². The van der Waals surface area contributed by atoms with Crippen molar-refractivity contribution in [3.05, 3.63) is 92.8 Å². The van der Waals surface area contributed by atoms with Gasteiger partial charge in [0.1, 0.15) is 0 Å². The molecule has 0 heterocycles. The van der Waals surface area contributed by atoms with Crippen LogP contribution in [0.15, 0.2) is 91.4 Å². The number of hydrogen-bond acceptors (Lipinski definition) is 4. The fourth-order valence-electron chi connectivity index (χ4n) is 7.04. The van der Waals surface area contributed by atoms with Crippen LogP contribution in [0.2, 0.25) is 0 Å². The molecule has 0 radical (unpaired) electrons. The molecule has 0 saturated heterocycles. The number of rotatable bonds is 6. The Kier molecular flexibility index (Phi) is 7.92. The molecular formula is C35H40O2S2. The third-order valence-corrected chi connectivity index (χ3v) is 12.2. The number of thioether (sulfide) groups is 2. The van der Waals surface area contributed by atoms with E-state index in [9.17, 15) is 9.59 Å². The van der Waals surface area contributed by atoms with E-state index >= 15 is 0 Å². The molecule has 0 unspecified atom stereocenters. The highest BCUT2D eigenvalue weighted by Crippen LogP contribution is 2.62. The van der Waals surface area contributed by atoms with Crippen LogP contribution in [0.1, 0.15) is 70.9 Å². The molecule has 2 aromatic carbocycles. The van der Waals surface area contributed by atoms with Crippen molar-refractivity contribution in [2.24, 2.45) is 22.7 Å². The monoisotopic (exact) mass is 556 g/mol. The summed E-state index contributed by atoms with van der Waals surface area (Å²) in [7, 11) is 0. The van der Waals surface area contributed by atoms with Crippen molar-refractivity contribution in [2.45, 2.75) is 83.4 Å². The zero-order valence-corrected chi connectivity index (χ0v) is 25.7. The Morgan fingerprint density at radius 1 is 0.821 bits per heavy atom. The number of fused-ring (bicyclic) bond motifs is 1. The second-order valence-electron chi connectivity index (χ2n) is 12.4. The molecule has 1 fully saturated rings. The molecule has 39 heavy (non-hydrogen) atoms. The topological polar surface area (TPSA) is 34.1 Å². The second kappa shape index (κ2) is 10.9. The lowest BCUT2D eigenvalue weighted by Gasteiger charge is -2.58. The van der Waals surface area contributed by atoms with Gasteiger partial charge in [-0.05, 0) is 106 Å². The Hall–Kier alpha value is -2.30. The van der Waals surface area contributed by atoms with Crippen LogP contribution in [0.5, 0.6) is 0 Å². The summed E-state index contributed by atoms with van der Waals surface area (Å²) in [6.07, 6.45) is 9.37. The van der Waals surface area contributed by atoms with Gasteiger partial charge in [-0.15, -0.1) is 0 Å². The lowest BCUT2D eigenvalue weighted by atomic mass is 9.46. The molecule has 2 aromatic rings. The molecule has 4 atom stereocenters. The first-order valence-electron chi connectivity index (χ1n) is 14.2. The van der Waals surface area contributed by atoms with Crippen LogP contribution in [0.3, 0.4) is 0 Å². The number of carbonyl (C=O) groups is 2. The molecule has 0 amide bonds. The van der Waals surface area contributed by atoms with Gasteiger partial charge in [-0.3, -0.25) is 9.59 Å². The minimum Gasteiger partial charge on any atom is -0.289 e. The molecule has 0 N–H and O–H groups in total. The first kappa shape index (κ1) is 28.2. The average Bonchev–Trinajstić information content (AvgIpc) is 2.90. The maximum absolute atomic E-state index is 14.3. The number of ketones is 2. The van der Waals surface area contributed by atoms with Crippen molar-refractivity contribution in [1.29, 1.82) is 0 Å². The molecule has 2 nitrogen and oxygen atoms in total. The Morgan fingerprint density at radius 3 is 1.97 bits per heavy atom. The van der Waals surface area contributed by atoms with Crippen LogP contribution in [0.4, 0.5) is 0 Å². The van der Waals surface area contributed by atoms with Gasteiger partial charge in [-0.2, -0.15) is 0 Å². The van der Waals surface area contributed by atoms with E-state index in [0.29, 0.717) is 33.6 Å². The summed E-state index contributed by atoms with van der Waals surface area (Å²) in [6.45, 7) is 13.6. The van der Waals surface area contributed by atoms with Gasteiger partial charge in [0, 0.05) is 15.4 Å². The molecular weight excluding hydrogens is 517 g/mol. The molecule has 3 aliphatic carbocycles. The zero-order valence-electron chi connectivity index (χ0n) is 24.1. The lowest BCUT2D eigenvalue weighted by Crippen LogP contribution is -2.50. The number of benzene rings is 2. The smallest absolute Gasteiger partial charge is 0.197 e. The highest BCUT2D eigenvalue weighted by atomic mass is 32.2. The summed E-state index contributed by atoms with van der Waals surface area (Å²) < 4.78 is 0. The van der Waals surface area contributed by atoms with Gasteiger partial charge in [0.15, 0.2) is 11.6 Å². The standard InChI is InChI=1S/C35H40O2S2/c1-22-10-14-27(15-11-22)38-32-29(36)20-26(31(37)33(32)39-28-16-12-23(2)13-17-28)21-35(6)25(4)18-19-34(5)24(3)8-7-9-30(34)35/h8,10-17,20,25,30H,7,9,18-19,21H2,1-6H3/t25-,30+,34+,35+/m0/s1. The van der Waals surface area contributed by atoms with Gasteiger partial charge in [0.25, 0.3) is 0 Å². The molecule has 0 spiro atoms. The van der Waals surface area contributed by atoms with E-state index in [1.165, 1.54) is 46.6 Å². The van der Waals surface area contributed by atoms with E-state index in [4.69, 9.17) is 0 Å². The zero-order chi connectivity index (χ0) is 27.9. The summed E-state index contributed by atoms with van der Waals surface area (Å²) in [5, 5.41) is 0. The fourth-order valence-corrected chi connectivity index (χ4v) is 9.07. The summed E-state index contributed by atoms with van der Waals surface area (Å²) in [5.74, 6) is 0.978. The Balaban J connectivity index is 1.51. The number of Topliss-reactive ketones (excluding diaryl/α,β-unsaturated/α-hetero) is 1. The van der Waals surface area contributed by atoms with E-state index in [0.717, 1.165) is 29.1 Å². The minimum atomic E-state index is -0.0423. The van der Waals surface area contributed by atoms with Gasteiger partial charge >= 0.3 is 0 Å². The minimum absolute atomic E-state index is 0.0264. The molecule has 1 saturated carbocycles. The maximum Gasteiger partial charge on any atom is 0.197 e. The van der Waals surface area contributed by atoms with E-state index in [2.05, 4.69) is 71.9 Å². The number of allylic oxidation sites excluding steroid dienone is 6.